The highest BCUT2D eigenvalue weighted by molar-refractivity contribution is 5.95. The third-order valence-corrected chi connectivity index (χ3v) is 3.19. The Morgan fingerprint density at radius 1 is 1.18 bits per heavy atom. The van der Waals surface area contributed by atoms with Gasteiger partial charge in [-0.2, -0.15) is 0 Å². The van der Waals surface area contributed by atoms with Crippen molar-refractivity contribution in [3.05, 3.63) is 29.8 Å². The topological polar surface area (TPSA) is 24.4 Å². The van der Waals surface area contributed by atoms with E-state index in [0.717, 1.165) is 18.8 Å². The first-order valence-electron chi connectivity index (χ1n) is 6.78. The summed E-state index contributed by atoms with van der Waals surface area (Å²) in [7, 11) is 0. The molecule has 0 saturated carbocycles. The van der Waals surface area contributed by atoms with E-state index in [1.165, 1.54) is 43.4 Å². The fourth-order valence-electron chi connectivity index (χ4n) is 2.10. The Bertz CT molecular complexity index is 365. The Hall–Kier alpha value is -1.31. The summed E-state index contributed by atoms with van der Waals surface area (Å²) in [5.41, 5.74) is 2.61. The molecule has 0 saturated heterocycles. The number of nitrogens with zero attached hydrogens (tertiary/aromatic N) is 1. The summed E-state index contributed by atoms with van der Waals surface area (Å²) in [5, 5.41) is 3.41. The van der Waals surface area contributed by atoms with Crippen molar-refractivity contribution in [3.63, 3.8) is 0 Å². The molecule has 1 aromatic carbocycles. The van der Waals surface area contributed by atoms with Crippen LogP contribution in [0.5, 0.6) is 0 Å². The maximum absolute atomic E-state index is 4.50. The van der Waals surface area contributed by atoms with Gasteiger partial charge in [0.25, 0.3) is 0 Å². The molecule has 0 radical (unpaired) electrons. The highest BCUT2D eigenvalue weighted by Crippen LogP contribution is 2.14. The van der Waals surface area contributed by atoms with E-state index in [9.17, 15) is 0 Å². The van der Waals surface area contributed by atoms with Crippen molar-refractivity contribution < 1.29 is 0 Å². The third-order valence-electron chi connectivity index (χ3n) is 3.19. The van der Waals surface area contributed by atoms with Crippen LogP contribution in [0, 0.1) is 0 Å². The molecule has 1 N–H and O–H groups in total. The molecule has 17 heavy (non-hydrogen) atoms. The predicted octanol–water partition coefficient (Wildman–Crippen LogP) is 4.02. The number of aliphatic imine (C=N–C) groups is 1. The van der Waals surface area contributed by atoms with E-state index in [0.29, 0.717) is 0 Å². The fourth-order valence-corrected chi connectivity index (χ4v) is 2.10. The number of aryl methyl sites for hydroxylation is 1. The zero-order valence-electron chi connectivity index (χ0n) is 10.7. The number of anilines is 1. The van der Waals surface area contributed by atoms with Crippen molar-refractivity contribution in [1.82, 2.24) is 0 Å². The summed E-state index contributed by atoms with van der Waals surface area (Å²) in [6.07, 6.45) is 7.33. The van der Waals surface area contributed by atoms with Gasteiger partial charge in [-0.15, -0.1) is 0 Å². The molecular formula is C15H22N2. The van der Waals surface area contributed by atoms with E-state index in [1.54, 1.807) is 0 Å². The molecule has 0 aliphatic carbocycles. The molecule has 1 heterocycles. The monoisotopic (exact) mass is 230 g/mol. The molecule has 0 fully saturated rings. The van der Waals surface area contributed by atoms with Gasteiger partial charge in [0.05, 0.1) is 0 Å². The van der Waals surface area contributed by atoms with Gasteiger partial charge in [-0.05, 0) is 43.4 Å². The van der Waals surface area contributed by atoms with E-state index < -0.39 is 0 Å². The van der Waals surface area contributed by atoms with Crippen molar-refractivity contribution in [2.75, 3.05) is 11.9 Å². The second-order valence-corrected chi connectivity index (χ2v) is 4.71. The van der Waals surface area contributed by atoms with Crippen LogP contribution >= 0.6 is 0 Å². The van der Waals surface area contributed by atoms with Gasteiger partial charge < -0.3 is 5.32 Å². The number of hydrogen-bond donors (Lipinski definition) is 1. The zero-order valence-corrected chi connectivity index (χ0v) is 10.7. The highest BCUT2D eigenvalue weighted by atomic mass is 15.0. The molecular weight excluding hydrogens is 208 g/mol. The van der Waals surface area contributed by atoms with Crippen LogP contribution in [-0.2, 0) is 6.42 Å². The van der Waals surface area contributed by atoms with Crippen molar-refractivity contribution in [2.24, 2.45) is 4.99 Å². The number of amidine groups is 1. The molecule has 0 amide bonds. The van der Waals surface area contributed by atoms with Crippen LogP contribution in [0.3, 0.4) is 0 Å². The van der Waals surface area contributed by atoms with Gasteiger partial charge in [-0.25, -0.2) is 0 Å². The van der Waals surface area contributed by atoms with Crippen LogP contribution in [0.1, 0.15) is 44.6 Å². The highest BCUT2D eigenvalue weighted by Gasteiger charge is 2.04. The van der Waals surface area contributed by atoms with Crippen LogP contribution in [0.2, 0.25) is 0 Å². The van der Waals surface area contributed by atoms with Gasteiger partial charge >= 0.3 is 0 Å². The summed E-state index contributed by atoms with van der Waals surface area (Å²) < 4.78 is 0. The van der Waals surface area contributed by atoms with Crippen molar-refractivity contribution in [1.29, 1.82) is 0 Å². The molecule has 1 aliphatic rings. The molecule has 2 heteroatoms. The molecule has 1 aliphatic heterocycles. The maximum atomic E-state index is 4.50. The van der Waals surface area contributed by atoms with E-state index in [4.69, 9.17) is 0 Å². The van der Waals surface area contributed by atoms with E-state index in [2.05, 4.69) is 41.5 Å². The normalized spacial score (nSPS) is 15.5. The first kappa shape index (κ1) is 12.2. The standard InChI is InChI=1S/C15H22N2/c1-2-3-6-13-8-10-14(11-9-13)17-15-7-4-5-12-16-15/h8-11H,2-7,12H2,1H3,(H,16,17). The molecule has 0 atom stereocenters. The maximum Gasteiger partial charge on any atom is 0.101 e. The van der Waals surface area contributed by atoms with Gasteiger partial charge in [0.1, 0.15) is 5.84 Å². The summed E-state index contributed by atoms with van der Waals surface area (Å²) in [6, 6.07) is 8.78. The molecule has 0 bridgehead atoms. The second kappa shape index (κ2) is 6.43. The van der Waals surface area contributed by atoms with Crippen LogP contribution in [0.4, 0.5) is 5.69 Å². The smallest absolute Gasteiger partial charge is 0.101 e. The SMILES string of the molecule is CCCCc1ccc(NC2=NCCCC2)cc1. The first-order valence-corrected chi connectivity index (χ1v) is 6.78. The predicted molar refractivity (Wildman–Crippen MR) is 74.8 cm³/mol. The van der Waals surface area contributed by atoms with Gasteiger partial charge in [-0.3, -0.25) is 4.99 Å². The molecule has 0 aromatic heterocycles. The second-order valence-electron chi connectivity index (χ2n) is 4.71. The molecule has 92 valence electrons. The van der Waals surface area contributed by atoms with Crippen LogP contribution in [0.15, 0.2) is 29.3 Å². The van der Waals surface area contributed by atoms with Crippen molar-refractivity contribution >= 4 is 11.5 Å². The lowest BCUT2D eigenvalue weighted by Gasteiger charge is -2.14. The van der Waals surface area contributed by atoms with E-state index in [1.807, 2.05) is 0 Å². The van der Waals surface area contributed by atoms with Gasteiger partial charge in [0.15, 0.2) is 0 Å². The minimum atomic E-state index is 0.983. The molecule has 0 spiro atoms. The molecule has 1 aromatic rings. The molecule has 2 nitrogen and oxygen atoms in total. The average Bonchev–Trinajstić information content (AvgIpc) is 2.39. The van der Waals surface area contributed by atoms with Gasteiger partial charge in [0, 0.05) is 18.7 Å². The Balaban J connectivity index is 1.91. The Kier molecular flexibility index (Phi) is 4.60. The van der Waals surface area contributed by atoms with Gasteiger partial charge in [-0.1, -0.05) is 25.5 Å². The van der Waals surface area contributed by atoms with Crippen LogP contribution in [0.25, 0.3) is 0 Å². The average molecular weight is 230 g/mol. The number of rotatable bonds is 4. The van der Waals surface area contributed by atoms with E-state index in [-0.39, 0.29) is 0 Å². The van der Waals surface area contributed by atoms with Crippen LogP contribution < -0.4 is 5.32 Å². The lowest BCUT2D eigenvalue weighted by Crippen LogP contribution is -2.15. The minimum Gasteiger partial charge on any atom is -0.344 e. The summed E-state index contributed by atoms with van der Waals surface area (Å²) >= 11 is 0. The minimum absolute atomic E-state index is 0.983. The van der Waals surface area contributed by atoms with Crippen molar-refractivity contribution in [2.45, 2.75) is 45.4 Å². The summed E-state index contributed by atoms with van der Waals surface area (Å²) in [4.78, 5) is 4.50. The number of nitrogens with one attached hydrogen (secondary N) is 1. The zero-order chi connectivity index (χ0) is 11.9. The molecule has 2 rings (SSSR count). The first-order chi connectivity index (χ1) is 8.38. The summed E-state index contributed by atoms with van der Waals surface area (Å²) in [6.45, 7) is 3.22. The number of unbranched alkanes of at least 4 members (excludes halogenated alkanes) is 1. The Morgan fingerprint density at radius 2 is 2.00 bits per heavy atom. The quantitative estimate of drug-likeness (QED) is 0.830. The third kappa shape index (κ3) is 3.88. The fraction of sp³-hybridized carbons (Fsp3) is 0.533. The van der Waals surface area contributed by atoms with Crippen molar-refractivity contribution in [3.8, 4) is 0 Å². The largest absolute Gasteiger partial charge is 0.344 e. The molecule has 0 unspecified atom stereocenters. The lowest BCUT2D eigenvalue weighted by molar-refractivity contribution is 0.737. The van der Waals surface area contributed by atoms with Gasteiger partial charge in [0.2, 0.25) is 0 Å². The number of benzene rings is 1. The lowest BCUT2D eigenvalue weighted by atomic mass is 10.1. The summed E-state index contributed by atoms with van der Waals surface area (Å²) in [5.74, 6) is 1.15. The Morgan fingerprint density at radius 3 is 2.65 bits per heavy atom. The van der Waals surface area contributed by atoms with Crippen LogP contribution in [-0.4, -0.2) is 12.4 Å². The number of hydrogen-bond acceptors (Lipinski definition) is 2. The van der Waals surface area contributed by atoms with E-state index >= 15 is 0 Å². The Labute approximate surface area is 104 Å².